The Morgan fingerprint density at radius 1 is 1.11 bits per heavy atom. The summed E-state index contributed by atoms with van der Waals surface area (Å²) in [7, 11) is 1.55. The molecule has 0 bridgehead atoms. The predicted molar refractivity (Wildman–Crippen MR) is 109 cm³/mol. The monoisotopic (exact) mass is 403 g/mol. The summed E-state index contributed by atoms with van der Waals surface area (Å²) in [6.07, 6.45) is 0.0303. The number of ether oxygens (including phenoxy) is 2. The number of amides is 2. The average molecular weight is 404 g/mol. The van der Waals surface area contributed by atoms with E-state index in [2.05, 4.69) is 15.8 Å². The summed E-state index contributed by atoms with van der Waals surface area (Å²) in [5.41, 5.74) is 4.34. The molecule has 28 heavy (non-hydrogen) atoms. The summed E-state index contributed by atoms with van der Waals surface area (Å²) in [6.45, 7) is 3.31. The number of aryl methyl sites for hydroxylation is 1. The lowest BCUT2D eigenvalue weighted by molar-refractivity contribution is -0.123. The number of carbonyl (C=O) groups is 2. The molecule has 0 aliphatic carbocycles. The molecule has 0 heterocycles. The zero-order valence-electron chi connectivity index (χ0n) is 15.9. The Balaban J connectivity index is 1.78. The molecule has 0 aromatic heterocycles. The van der Waals surface area contributed by atoms with Crippen LogP contribution in [0.1, 0.15) is 18.9 Å². The molecule has 0 saturated carbocycles. The number of benzene rings is 2. The Hall–Kier alpha value is -3.06. The van der Waals surface area contributed by atoms with E-state index in [4.69, 9.17) is 21.1 Å². The molecule has 0 aliphatic heterocycles. The summed E-state index contributed by atoms with van der Waals surface area (Å²) in [5, 5.41) is 7.22. The first-order valence-corrected chi connectivity index (χ1v) is 8.90. The van der Waals surface area contributed by atoms with Crippen LogP contribution < -0.4 is 20.2 Å². The minimum Gasteiger partial charge on any atom is -0.497 e. The highest BCUT2D eigenvalue weighted by molar-refractivity contribution is 6.31. The summed E-state index contributed by atoms with van der Waals surface area (Å²) >= 11 is 6.04. The summed E-state index contributed by atoms with van der Waals surface area (Å²) in [4.78, 5) is 23.9. The molecule has 2 aromatic rings. The van der Waals surface area contributed by atoms with E-state index in [1.165, 1.54) is 0 Å². The lowest BCUT2D eigenvalue weighted by Gasteiger charge is -2.08. The van der Waals surface area contributed by atoms with E-state index in [0.29, 0.717) is 27.9 Å². The number of anilines is 1. The number of hydrazone groups is 1. The molecule has 0 radical (unpaired) electrons. The molecule has 2 N–H and O–H groups in total. The van der Waals surface area contributed by atoms with E-state index in [1.807, 2.05) is 13.0 Å². The molecule has 7 nitrogen and oxygen atoms in total. The van der Waals surface area contributed by atoms with Crippen molar-refractivity contribution in [2.45, 2.75) is 20.3 Å². The molecule has 0 aliphatic rings. The highest BCUT2D eigenvalue weighted by Crippen LogP contribution is 2.20. The van der Waals surface area contributed by atoms with Crippen LogP contribution in [0.4, 0.5) is 5.69 Å². The van der Waals surface area contributed by atoms with E-state index in [-0.39, 0.29) is 18.9 Å². The van der Waals surface area contributed by atoms with Gasteiger partial charge in [-0.15, -0.1) is 0 Å². The molecule has 0 atom stereocenters. The van der Waals surface area contributed by atoms with Crippen molar-refractivity contribution < 1.29 is 19.1 Å². The summed E-state index contributed by atoms with van der Waals surface area (Å²) in [5.74, 6) is 0.440. The fraction of sp³-hybridized carbons (Fsp3) is 0.250. The van der Waals surface area contributed by atoms with Crippen LogP contribution in [0.2, 0.25) is 5.02 Å². The van der Waals surface area contributed by atoms with Gasteiger partial charge in [0.05, 0.1) is 13.5 Å². The van der Waals surface area contributed by atoms with E-state index in [0.717, 1.165) is 5.56 Å². The van der Waals surface area contributed by atoms with Crippen LogP contribution in [0.15, 0.2) is 47.6 Å². The highest BCUT2D eigenvalue weighted by atomic mass is 35.5. The quantitative estimate of drug-likeness (QED) is 0.521. The molecular formula is C20H22ClN3O4. The van der Waals surface area contributed by atoms with Gasteiger partial charge >= 0.3 is 0 Å². The fourth-order valence-corrected chi connectivity index (χ4v) is 2.36. The van der Waals surface area contributed by atoms with E-state index in [9.17, 15) is 9.59 Å². The largest absolute Gasteiger partial charge is 0.497 e. The van der Waals surface area contributed by atoms with Crippen molar-refractivity contribution in [3.05, 3.63) is 53.1 Å². The van der Waals surface area contributed by atoms with Gasteiger partial charge in [0.15, 0.2) is 6.61 Å². The fourth-order valence-electron chi connectivity index (χ4n) is 2.18. The van der Waals surface area contributed by atoms with Crippen molar-refractivity contribution in [3.63, 3.8) is 0 Å². The number of methoxy groups -OCH3 is 1. The van der Waals surface area contributed by atoms with Crippen LogP contribution in [0.25, 0.3) is 0 Å². The standard InChI is InChI=1S/C20H22ClN3O4/c1-13-7-8-15(10-18(13)21)22-19(25)9-14(2)23-24-20(26)12-28-17-6-4-5-16(11-17)27-3/h4-8,10-11H,9,12H2,1-3H3,(H,22,25)(H,24,26). The van der Waals surface area contributed by atoms with Gasteiger partial charge in [-0.1, -0.05) is 23.7 Å². The Morgan fingerprint density at radius 2 is 1.86 bits per heavy atom. The molecule has 0 spiro atoms. The van der Waals surface area contributed by atoms with E-state index >= 15 is 0 Å². The molecule has 2 rings (SSSR count). The van der Waals surface area contributed by atoms with Gasteiger partial charge in [0.25, 0.3) is 5.91 Å². The second kappa shape index (κ2) is 10.3. The van der Waals surface area contributed by atoms with Crippen LogP contribution in [0.5, 0.6) is 11.5 Å². The SMILES string of the molecule is COc1cccc(OCC(=O)NN=C(C)CC(=O)Nc2ccc(C)c(Cl)c2)c1. The van der Waals surface area contributed by atoms with Crippen LogP contribution >= 0.6 is 11.6 Å². The van der Waals surface area contributed by atoms with Crippen LogP contribution in [-0.4, -0.2) is 31.2 Å². The van der Waals surface area contributed by atoms with Crippen molar-refractivity contribution >= 4 is 34.8 Å². The number of nitrogens with one attached hydrogen (secondary N) is 2. The maximum atomic E-state index is 12.1. The van der Waals surface area contributed by atoms with Crippen molar-refractivity contribution in [1.29, 1.82) is 0 Å². The molecule has 0 saturated heterocycles. The molecule has 0 fully saturated rings. The van der Waals surface area contributed by atoms with Gasteiger partial charge in [-0.3, -0.25) is 9.59 Å². The Morgan fingerprint density at radius 3 is 2.57 bits per heavy atom. The lowest BCUT2D eigenvalue weighted by atomic mass is 10.2. The van der Waals surface area contributed by atoms with Gasteiger partial charge in [0.1, 0.15) is 11.5 Å². The number of rotatable bonds is 8. The minimum absolute atomic E-state index is 0.0303. The van der Waals surface area contributed by atoms with Crippen LogP contribution in [0, 0.1) is 6.92 Å². The first-order valence-electron chi connectivity index (χ1n) is 8.52. The van der Waals surface area contributed by atoms with Gasteiger partial charge in [-0.25, -0.2) is 5.43 Å². The Bertz CT molecular complexity index is 884. The van der Waals surface area contributed by atoms with Gasteiger partial charge in [0, 0.05) is 22.5 Å². The Kier molecular flexibility index (Phi) is 7.83. The maximum absolute atomic E-state index is 12.1. The topological polar surface area (TPSA) is 89.0 Å². The van der Waals surface area contributed by atoms with E-state index in [1.54, 1.807) is 50.4 Å². The van der Waals surface area contributed by atoms with Crippen molar-refractivity contribution in [3.8, 4) is 11.5 Å². The zero-order chi connectivity index (χ0) is 20.5. The van der Waals surface area contributed by atoms with Crippen LogP contribution in [0.3, 0.4) is 0 Å². The minimum atomic E-state index is -0.437. The highest BCUT2D eigenvalue weighted by Gasteiger charge is 2.07. The molecule has 8 heteroatoms. The summed E-state index contributed by atoms with van der Waals surface area (Å²) < 4.78 is 10.5. The lowest BCUT2D eigenvalue weighted by Crippen LogP contribution is -2.26. The number of carbonyl (C=O) groups excluding carboxylic acids is 2. The van der Waals surface area contributed by atoms with Crippen molar-refractivity contribution in [2.75, 3.05) is 19.0 Å². The first kappa shape index (κ1) is 21.2. The van der Waals surface area contributed by atoms with Gasteiger partial charge < -0.3 is 14.8 Å². The van der Waals surface area contributed by atoms with Crippen molar-refractivity contribution in [1.82, 2.24) is 5.43 Å². The third kappa shape index (κ3) is 6.92. The maximum Gasteiger partial charge on any atom is 0.277 e. The second-order valence-corrected chi connectivity index (χ2v) is 6.45. The number of halogens is 1. The molecule has 2 amide bonds. The number of hydrogen-bond donors (Lipinski definition) is 2. The second-order valence-electron chi connectivity index (χ2n) is 6.04. The molecule has 148 valence electrons. The smallest absolute Gasteiger partial charge is 0.277 e. The number of hydrogen-bond acceptors (Lipinski definition) is 5. The average Bonchev–Trinajstić information content (AvgIpc) is 2.67. The van der Waals surface area contributed by atoms with Gasteiger partial charge in [0.2, 0.25) is 5.91 Å². The van der Waals surface area contributed by atoms with Gasteiger partial charge in [-0.05, 0) is 43.7 Å². The summed E-state index contributed by atoms with van der Waals surface area (Å²) in [6, 6.07) is 12.2. The predicted octanol–water partition coefficient (Wildman–Crippen LogP) is 3.56. The Labute approximate surface area is 168 Å². The number of nitrogens with zero attached hydrogens (tertiary/aromatic N) is 1. The van der Waals surface area contributed by atoms with Crippen LogP contribution in [-0.2, 0) is 9.59 Å². The zero-order valence-corrected chi connectivity index (χ0v) is 16.7. The van der Waals surface area contributed by atoms with Gasteiger partial charge in [-0.2, -0.15) is 5.10 Å². The third-order valence-corrected chi connectivity index (χ3v) is 4.06. The molecule has 2 aromatic carbocycles. The third-order valence-electron chi connectivity index (χ3n) is 3.65. The molecule has 0 unspecified atom stereocenters. The van der Waals surface area contributed by atoms with E-state index < -0.39 is 5.91 Å². The van der Waals surface area contributed by atoms with Crippen molar-refractivity contribution in [2.24, 2.45) is 5.10 Å². The normalized spacial score (nSPS) is 10.9. The molecular weight excluding hydrogens is 382 g/mol. The first-order chi connectivity index (χ1) is 13.4.